The van der Waals surface area contributed by atoms with Gasteiger partial charge in [0.15, 0.2) is 5.58 Å². The maximum absolute atomic E-state index is 12.3. The first kappa shape index (κ1) is 16.8. The minimum Gasteiger partial charge on any atom is -0.408 e. The van der Waals surface area contributed by atoms with E-state index in [1.807, 2.05) is 0 Å². The van der Waals surface area contributed by atoms with Crippen molar-refractivity contribution in [1.29, 1.82) is 0 Å². The first-order valence-electron chi connectivity index (χ1n) is 8.40. The van der Waals surface area contributed by atoms with Crippen LogP contribution in [0.3, 0.4) is 0 Å². The van der Waals surface area contributed by atoms with Gasteiger partial charge in [-0.3, -0.25) is 9.78 Å². The number of aromatic nitrogens is 1. The molecule has 0 unspecified atom stereocenters. The quantitative estimate of drug-likeness (QED) is 0.882. The second-order valence-electron chi connectivity index (χ2n) is 7.43. The standard InChI is InChI=1S/C18H24N2O4/c1-18(2,3)24-12-9-11(10-12)7-8-19-16(21)13-5-4-6-14-15(13)20-17(22)23-14/h4-6,11-12H,7-10H2,1-3H3,(H,19,21)(H,20,22). The summed E-state index contributed by atoms with van der Waals surface area (Å²) in [5.74, 6) is -0.147. The Bertz CT molecular complexity index is 778. The zero-order valence-electron chi connectivity index (χ0n) is 14.3. The molecule has 2 N–H and O–H groups in total. The van der Waals surface area contributed by atoms with Crippen molar-refractivity contribution in [1.82, 2.24) is 10.3 Å². The second-order valence-corrected chi connectivity index (χ2v) is 7.43. The third-order valence-electron chi connectivity index (χ3n) is 4.25. The molecule has 1 heterocycles. The fraction of sp³-hybridized carbons (Fsp3) is 0.556. The maximum atomic E-state index is 12.3. The Labute approximate surface area is 140 Å². The Balaban J connectivity index is 1.48. The van der Waals surface area contributed by atoms with Crippen LogP contribution in [0.5, 0.6) is 0 Å². The van der Waals surface area contributed by atoms with Crippen LogP contribution >= 0.6 is 0 Å². The molecule has 0 aliphatic heterocycles. The number of hydrogen-bond acceptors (Lipinski definition) is 4. The largest absolute Gasteiger partial charge is 0.417 e. The number of carbonyl (C=O) groups excluding carboxylic acids is 1. The maximum Gasteiger partial charge on any atom is 0.417 e. The molecule has 1 fully saturated rings. The van der Waals surface area contributed by atoms with Gasteiger partial charge in [0.1, 0.15) is 0 Å². The van der Waals surface area contributed by atoms with Crippen molar-refractivity contribution in [3.63, 3.8) is 0 Å². The highest BCUT2D eigenvalue weighted by atomic mass is 16.5. The van der Waals surface area contributed by atoms with E-state index < -0.39 is 5.76 Å². The van der Waals surface area contributed by atoms with Crippen molar-refractivity contribution >= 4 is 17.0 Å². The minimum atomic E-state index is -0.551. The van der Waals surface area contributed by atoms with Crippen molar-refractivity contribution < 1.29 is 13.9 Å². The number of fused-ring (bicyclic) bond motifs is 1. The number of benzene rings is 1. The van der Waals surface area contributed by atoms with Crippen LogP contribution in [0.1, 0.15) is 50.4 Å². The topological polar surface area (TPSA) is 84.3 Å². The van der Waals surface area contributed by atoms with Crippen LogP contribution in [0.15, 0.2) is 27.4 Å². The number of rotatable bonds is 5. The summed E-state index contributed by atoms with van der Waals surface area (Å²) >= 11 is 0. The molecule has 6 heteroatoms. The van der Waals surface area contributed by atoms with Crippen LogP contribution < -0.4 is 11.1 Å². The molecule has 24 heavy (non-hydrogen) atoms. The third kappa shape index (κ3) is 3.87. The number of para-hydroxylation sites is 1. The summed E-state index contributed by atoms with van der Waals surface area (Å²) in [7, 11) is 0. The molecule has 0 atom stereocenters. The lowest BCUT2D eigenvalue weighted by Crippen LogP contribution is -2.39. The van der Waals surface area contributed by atoms with Gasteiger partial charge in [-0.1, -0.05) is 6.07 Å². The molecule has 1 aromatic heterocycles. The number of hydrogen-bond donors (Lipinski definition) is 2. The molecule has 6 nitrogen and oxygen atoms in total. The van der Waals surface area contributed by atoms with Gasteiger partial charge in [-0.2, -0.15) is 0 Å². The predicted molar refractivity (Wildman–Crippen MR) is 91.1 cm³/mol. The number of amides is 1. The monoisotopic (exact) mass is 332 g/mol. The first-order valence-corrected chi connectivity index (χ1v) is 8.40. The van der Waals surface area contributed by atoms with E-state index in [4.69, 9.17) is 9.15 Å². The molecule has 3 rings (SSSR count). The highest BCUT2D eigenvalue weighted by Gasteiger charge is 2.32. The normalized spacial score (nSPS) is 20.8. The zero-order valence-corrected chi connectivity index (χ0v) is 14.3. The van der Waals surface area contributed by atoms with Gasteiger partial charge in [0.25, 0.3) is 5.91 Å². The molecular weight excluding hydrogens is 308 g/mol. The molecule has 0 bridgehead atoms. The van der Waals surface area contributed by atoms with Gasteiger partial charge < -0.3 is 14.5 Å². The van der Waals surface area contributed by atoms with E-state index in [2.05, 4.69) is 31.1 Å². The van der Waals surface area contributed by atoms with Gasteiger partial charge in [0.05, 0.1) is 22.8 Å². The summed E-state index contributed by atoms with van der Waals surface area (Å²) in [5.41, 5.74) is 1.18. The SMILES string of the molecule is CC(C)(C)OC1CC(CCNC(=O)c2cccc3oc(=O)[nH]c23)C1. The van der Waals surface area contributed by atoms with Gasteiger partial charge in [-0.15, -0.1) is 0 Å². The number of carbonyl (C=O) groups is 1. The highest BCUT2D eigenvalue weighted by Crippen LogP contribution is 2.34. The van der Waals surface area contributed by atoms with Crippen LogP contribution in [-0.4, -0.2) is 29.1 Å². The van der Waals surface area contributed by atoms with E-state index in [0.29, 0.717) is 35.2 Å². The lowest BCUT2D eigenvalue weighted by molar-refractivity contribution is -0.112. The van der Waals surface area contributed by atoms with E-state index in [-0.39, 0.29) is 11.5 Å². The highest BCUT2D eigenvalue weighted by molar-refractivity contribution is 6.04. The lowest BCUT2D eigenvalue weighted by atomic mass is 9.79. The Morgan fingerprint density at radius 2 is 2.12 bits per heavy atom. The third-order valence-corrected chi connectivity index (χ3v) is 4.25. The van der Waals surface area contributed by atoms with Crippen LogP contribution in [0, 0.1) is 5.92 Å². The molecule has 0 spiro atoms. The van der Waals surface area contributed by atoms with Crippen LogP contribution in [0.25, 0.3) is 11.1 Å². The summed E-state index contributed by atoms with van der Waals surface area (Å²) in [4.78, 5) is 26.1. The minimum absolute atomic E-state index is 0.0932. The van der Waals surface area contributed by atoms with Crippen molar-refractivity contribution in [2.45, 2.75) is 51.7 Å². The van der Waals surface area contributed by atoms with Crippen molar-refractivity contribution in [3.8, 4) is 0 Å². The molecular formula is C18H24N2O4. The number of aromatic amines is 1. The Kier molecular flexibility index (Phi) is 4.49. The summed E-state index contributed by atoms with van der Waals surface area (Å²) in [6.07, 6.45) is 3.39. The van der Waals surface area contributed by atoms with Gasteiger partial charge in [0.2, 0.25) is 0 Å². The van der Waals surface area contributed by atoms with E-state index in [0.717, 1.165) is 19.3 Å². The zero-order chi connectivity index (χ0) is 17.3. The summed E-state index contributed by atoms with van der Waals surface area (Å²) in [6.45, 7) is 6.83. The van der Waals surface area contributed by atoms with Crippen LogP contribution in [0.4, 0.5) is 0 Å². The Hall–Kier alpha value is -2.08. The molecule has 130 valence electrons. The molecule has 2 aromatic rings. The molecule has 1 aliphatic carbocycles. The van der Waals surface area contributed by atoms with E-state index in [9.17, 15) is 9.59 Å². The van der Waals surface area contributed by atoms with Crippen LogP contribution in [-0.2, 0) is 4.74 Å². The fourth-order valence-corrected chi connectivity index (χ4v) is 3.15. The summed E-state index contributed by atoms with van der Waals surface area (Å²) in [6, 6.07) is 5.04. The predicted octanol–water partition coefficient (Wildman–Crippen LogP) is 2.83. The summed E-state index contributed by atoms with van der Waals surface area (Å²) < 4.78 is 10.9. The average Bonchev–Trinajstić information content (AvgIpc) is 2.82. The smallest absolute Gasteiger partial charge is 0.408 e. The molecule has 1 amide bonds. The van der Waals surface area contributed by atoms with Crippen LogP contribution in [0.2, 0.25) is 0 Å². The fourth-order valence-electron chi connectivity index (χ4n) is 3.15. The summed E-state index contributed by atoms with van der Waals surface area (Å²) in [5, 5.41) is 2.92. The van der Waals surface area contributed by atoms with Crippen molar-refractivity contribution in [3.05, 3.63) is 34.3 Å². The van der Waals surface area contributed by atoms with E-state index >= 15 is 0 Å². The molecule has 0 radical (unpaired) electrons. The van der Waals surface area contributed by atoms with E-state index in [1.54, 1.807) is 18.2 Å². The molecule has 0 saturated heterocycles. The van der Waals surface area contributed by atoms with E-state index in [1.165, 1.54) is 0 Å². The number of oxazole rings is 1. The number of ether oxygens (including phenoxy) is 1. The van der Waals surface area contributed by atoms with Crippen molar-refractivity contribution in [2.24, 2.45) is 5.92 Å². The first-order chi connectivity index (χ1) is 11.3. The van der Waals surface area contributed by atoms with Gasteiger partial charge in [-0.05, 0) is 58.1 Å². The second kappa shape index (κ2) is 6.43. The Morgan fingerprint density at radius 1 is 1.38 bits per heavy atom. The average molecular weight is 332 g/mol. The Morgan fingerprint density at radius 3 is 2.83 bits per heavy atom. The number of nitrogens with one attached hydrogen (secondary N) is 2. The van der Waals surface area contributed by atoms with Gasteiger partial charge in [0, 0.05) is 6.54 Å². The lowest BCUT2D eigenvalue weighted by Gasteiger charge is -2.39. The van der Waals surface area contributed by atoms with Crippen molar-refractivity contribution in [2.75, 3.05) is 6.54 Å². The number of H-pyrrole nitrogens is 1. The molecule has 1 aromatic carbocycles. The molecule has 1 saturated carbocycles. The molecule has 1 aliphatic rings. The van der Waals surface area contributed by atoms with Gasteiger partial charge >= 0.3 is 5.76 Å². The van der Waals surface area contributed by atoms with Gasteiger partial charge in [-0.25, -0.2) is 4.79 Å².